The lowest BCUT2D eigenvalue weighted by Gasteiger charge is -2.06. The standard InChI is InChI=1S/C12H14O3/c1-8-4-6-9(7-5-8)12(2)10(15-12)11(13)14-3/h4-7,10H,1-3H3/t10-,12+/m1/s1. The van der Waals surface area contributed by atoms with E-state index in [1.54, 1.807) is 0 Å². The van der Waals surface area contributed by atoms with E-state index in [4.69, 9.17) is 4.74 Å². The first-order valence-electron chi connectivity index (χ1n) is 4.91. The molecular formula is C12H14O3. The summed E-state index contributed by atoms with van der Waals surface area (Å²) in [5.74, 6) is -0.307. The Kier molecular flexibility index (Phi) is 2.27. The predicted molar refractivity (Wildman–Crippen MR) is 55.4 cm³/mol. The Bertz CT molecular complexity index is 382. The van der Waals surface area contributed by atoms with Gasteiger partial charge in [-0.15, -0.1) is 0 Å². The van der Waals surface area contributed by atoms with Gasteiger partial charge in [-0.3, -0.25) is 0 Å². The lowest BCUT2D eigenvalue weighted by Crippen LogP contribution is -2.17. The smallest absolute Gasteiger partial charge is 0.338 e. The van der Waals surface area contributed by atoms with Gasteiger partial charge in [-0.2, -0.15) is 0 Å². The summed E-state index contributed by atoms with van der Waals surface area (Å²) in [6.07, 6.45) is -0.454. The molecule has 1 aromatic carbocycles. The number of carbonyl (C=O) groups is 1. The summed E-state index contributed by atoms with van der Waals surface area (Å²) in [7, 11) is 1.37. The summed E-state index contributed by atoms with van der Waals surface area (Å²) in [5, 5.41) is 0. The molecule has 3 heteroatoms. The molecule has 15 heavy (non-hydrogen) atoms. The molecule has 0 saturated carbocycles. The molecule has 1 heterocycles. The van der Waals surface area contributed by atoms with Crippen molar-refractivity contribution in [2.24, 2.45) is 0 Å². The quantitative estimate of drug-likeness (QED) is 0.547. The predicted octanol–water partition coefficient (Wildman–Crippen LogP) is 1.78. The lowest BCUT2D eigenvalue weighted by molar-refractivity contribution is -0.142. The number of benzene rings is 1. The average molecular weight is 206 g/mol. The maximum Gasteiger partial charge on any atom is 0.338 e. The van der Waals surface area contributed by atoms with Crippen LogP contribution in [0, 0.1) is 6.92 Å². The highest BCUT2D eigenvalue weighted by Crippen LogP contribution is 2.46. The number of hydrogen-bond acceptors (Lipinski definition) is 3. The van der Waals surface area contributed by atoms with Gasteiger partial charge >= 0.3 is 5.97 Å². The van der Waals surface area contributed by atoms with Crippen LogP contribution in [0.15, 0.2) is 24.3 Å². The molecule has 0 amide bonds. The van der Waals surface area contributed by atoms with Crippen molar-refractivity contribution in [1.82, 2.24) is 0 Å². The van der Waals surface area contributed by atoms with Crippen LogP contribution in [0.25, 0.3) is 0 Å². The number of carbonyl (C=O) groups excluding carboxylic acids is 1. The molecule has 1 fully saturated rings. The first-order chi connectivity index (χ1) is 7.08. The Labute approximate surface area is 89.0 Å². The van der Waals surface area contributed by atoms with E-state index in [9.17, 15) is 4.79 Å². The maximum atomic E-state index is 11.3. The van der Waals surface area contributed by atoms with Crippen LogP contribution in [0.3, 0.4) is 0 Å². The van der Waals surface area contributed by atoms with E-state index < -0.39 is 11.7 Å². The fourth-order valence-corrected chi connectivity index (χ4v) is 1.69. The van der Waals surface area contributed by atoms with Crippen LogP contribution in [0.1, 0.15) is 18.1 Å². The molecule has 0 N–H and O–H groups in total. The van der Waals surface area contributed by atoms with Gasteiger partial charge in [-0.05, 0) is 19.4 Å². The minimum absolute atomic E-state index is 0.307. The van der Waals surface area contributed by atoms with Crippen LogP contribution in [-0.2, 0) is 19.9 Å². The number of ether oxygens (including phenoxy) is 2. The van der Waals surface area contributed by atoms with Crippen molar-refractivity contribution in [3.63, 3.8) is 0 Å². The summed E-state index contributed by atoms with van der Waals surface area (Å²) < 4.78 is 10.1. The maximum absolute atomic E-state index is 11.3. The second-order valence-electron chi connectivity index (χ2n) is 3.99. The van der Waals surface area contributed by atoms with E-state index in [0.29, 0.717) is 0 Å². The van der Waals surface area contributed by atoms with Gasteiger partial charge in [0.05, 0.1) is 7.11 Å². The van der Waals surface area contributed by atoms with Gasteiger partial charge in [0.2, 0.25) is 0 Å². The van der Waals surface area contributed by atoms with Crippen molar-refractivity contribution in [3.05, 3.63) is 35.4 Å². The van der Waals surface area contributed by atoms with E-state index in [0.717, 1.165) is 5.56 Å². The highest BCUT2D eigenvalue weighted by atomic mass is 16.6. The average Bonchev–Trinajstić information content (AvgIpc) is 2.92. The van der Waals surface area contributed by atoms with Crippen LogP contribution in [-0.4, -0.2) is 19.2 Å². The topological polar surface area (TPSA) is 38.8 Å². The molecule has 2 atom stereocenters. The Balaban J connectivity index is 2.19. The molecule has 1 aliphatic heterocycles. The normalized spacial score (nSPS) is 28.6. The third-order valence-electron chi connectivity index (χ3n) is 2.85. The second kappa shape index (κ2) is 3.35. The van der Waals surface area contributed by atoms with Crippen molar-refractivity contribution in [2.45, 2.75) is 25.6 Å². The molecule has 0 radical (unpaired) electrons. The van der Waals surface area contributed by atoms with Gasteiger partial charge in [0, 0.05) is 0 Å². The van der Waals surface area contributed by atoms with Gasteiger partial charge in [-0.25, -0.2) is 4.79 Å². The van der Waals surface area contributed by atoms with Crippen LogP contribution in [0.2, 0.25) is 0 Å². The highest BCUT2D eigenvalue weighted by molar-refractivity contribution is 5.79. The van der Waals surface area contributed by atoms with E-state index in [2.05, 4.69) is 4.74 Å². The number of rotatable bonds is 2. The Morgan fingerprint density at radius 2 is 2.00 bits per heavy atom. The van der Waals surface area contributed by atoms with Gasteiger partial charge in [-0.1, -0.05) is 29.8 Å². The molecule has 3 nitrogen and oxygen atoms in total. The molecule has 0 bridgehead atoms. The third kappa shape index (κ3) is 1.63. The van der Waals surface area contributed by atoms with Crippen LogP contribution < -0.4 is 0 Å². The summed E-state index contributed by atoms with van der Waals surface area (Å²) in [5.41, 5.74) is 1.71. The molecule has 1 aliphatic rings. The van der Waals surface area contributed by atoms with E-state index in [-0.39, 0.29) is 5.97 Å². The van der Waals surface area contributed by atoms with Crippen LogP contribution in [0.5, 0.6) is 0 Å². The van der Waals surface area contributed by atoms with Crippen molar-refractivity contribution in [1.29, 1.82) is 0 Å². The molecule has 0 spiro atoms. The third-order valence-corrected chi connectivity index (χ3v) is 2.85. The van der Waals surface area contributed by atoms with Gasteiger partial charge < -0.3 is 9.47 Å². The Morgan fingerprint density at radius 1 is 1.40 bits per heavy atom. The molecule has 2 rings (SSSR count). The zero-order valence-electron chi connectivity index (χ0n) is 9.11. The van der Waals surface area contributed by atoms with Gasteiger partial charge in [0.15, 0.2) is 6.10 Å². The first-order valence-corrected chi connectivity index (χ1v) is 4.91. The fourth-order valence-electron chi connectivity index (χ4n) is 1.69. The van der Waals surface area contributed by atoms with E-state index >= 15 is 0 Å². The summed E-state index contributed by atoms with van der Waals surface area (Å²) in [4.78, 5) is 11.3. The minimum atomic E-state index is -0.499. The molecule has 1 aromatic rings. The van der Waals surface area contributed by atoms with Crippen molar-refractivity contribution < 1.29 is 14.3 Å². The number of methoxy groups -OCH3 is 1. The first kappa shape index (κ1) is 10.2. The molecule has 0 unspecified atom stereocenters. The summed E-state index contributed by atoms with van der Waals surface area (Å²) in [6.45, 7) is 3.93. The van der Waals surface area contributed by atoms with E-state index in [1.807, 2.05) is 38.1 Å². The largest absolute Gasteiger partial charge is 0.467 e. The Hall–Kier alpha value is -1.35. The minimum Gasteiger partial charge on any atom is -0.467 e. The monoisotopic (exact) mass is 206 g/mol. The molecule has 1 saturated heterocycles. The SMILES string of the molecule is COC(=O)[C@H]1O[C@@]1(C)c1ccc(C)cc1. The van der Waals surface area contributed by atoms with Crippen LogP contribution >= 0.6 is 0 Å². The molecule has 80 valence electrons. The highest BCUT2D eigenvalue weighted by Gasteiger charge is 2.59. The number of esters is 1. The van der Waals surface area contributed by atoms with Gasteiger partial charge in [0.1, 0.15) is 5.60 Å². The summed E-state index contributed by atoms with van der Waals surface area (Å²) >= 11 is 0. The van der Waals surface area contributed by atoms with Crippen molar-refractivity contribution in [2.75, 3.05) is 7.11 Å². The lowest BCUT2D eigenvalue weighted by atomic mass is 9.96. The molecule has 0 aliphatic carbocycles. The zero-order valence-corrected chi connectivity index (χ0v) is 9.11. The molecular weight excluding hydrogens is 192 g/mol. The van der Waals surface area contributed by atoms with Crippen molar-refractivity contribution in [3.8, 4) is 0 Å². The number of epoxide rings is 1. The Morgan fingerprint density at radius 3 is 2.53 bits per heavy atom. The fraction of sp³-hybridized carbons (Fsp3) is 0.417. The van der Waals surface area contributed by atoms with Gasteiger partial charge in [0.25, 0.3) is 0 Å². The number of hydrogen-bond donors (Lipinski definition) is 0. The second-order valence-corrected chi connectivity index (χ2v) is 3.99. The van der Waals surface area contributed by atoms with Crippen LogP contribution in [0.4, 0.5) is 0 Å². The molecule has 0 aromatic heterocycles. The van der Waals surface area contributed by atoms with E-state index in [1.165, 1.54) is 12.7 Å². The number of aryl methyl sites for hydroxylation is 1. The van der Waals surface area contributed by atoms with Crippen molar-refractivity contribution >= 4 is 5.97 Å². The zero-order chi connectivity index (χ0) is 11.1. The summed E-state index contributed by atoms with van der Waals surface area (Å²) in [6, 6.07) is 7.99.